The SMILES string of the molecule is C[C@H](CO)C(=O)c1ccc(OC2CC2)cc1. The Morgan fingerprint density at radius 1 is 1.44 bits per heavy atom. The second-order valence-electron chi connectivity index (χ2n) is 4.29. The highest BCUT2D eigenvalue weighted by Gasteiger charge is 2.23. The molecule has 1 aliphatic rings. The minimum atomic E-state index is -0.338. The zero-order chi connectivity index (χ0) is 11.5. The normalized spacial score (nSPS) is 16.9. The van der Waals surface area contributed by atoms with Gasteiger partial charge in [-0.05, 0) is 37.1 Å². The van der Waals surface area contributed by atoms with E-state index >= 15 is 0 Å². The molecule has 86 valence electrons. The number of hydrogen-bond acceptors (Lipinski definition) is 3. The van der Waals surface area contributed by atoms with E-state index in [-0.39, 0.29) is 18.3 Å². The first-order valence-corrected chi connectivity index (χ1v) is 5.62. The van der Waals surface area contributed by atoms with Crippen LogP contribution in [-0.4, -0.2) is 23.6 Å². The summed E-state index contributed by atoms with van der Waals surface area (Å²) < 4.78 is 5.59. The molecule has 1 aromatic carbocycles. The lowest BCUT2D eigenvalue weighted by Crippen LogP contribution is -2.14. The highest BCUT2D eigenvalue weighted by molar-refractivity contribution is 5.97. The van der Waals surface area contributed by atoms with Gasteiger partial charge in [0.2, 0.25) is 0 Å². The van der Waals surface area contributed by atoms with Crippen molar-refractivity contribution in [2.75, 3.05) is 6.61 Å². The number of rotatable bonds is 5. The standard InChI is InChI=1S/C13H16O3/c1-9(8-14)13(15)10-2-4-11(5-3-10)16-12-6-7-12/h2-5,9,12,14H,6-8H2,1H3/t9-/m1/s1. The van der Waals surface area contributed by atoms with Crippen LogP contribution >= 0.6 is 0 Å². The molecule has 1 fully saturated rings. The molecule has 1 aromatic rings. The molecule has 1 N–H and O–H groups in total. The molecule has 0 heterocycles. The molecule has 2 rings (SSSR count). The third kappa shape index (κ3) is 2.61. The Morgan fingerprint density at radius 3 is 2.56 bits per heavy atom. The molecule has 3 heteroatoms. The predicted octanol–water partition coefficient (Wildman–Crippen LogP) is 2.04. The van der Waals surface area contributed by atoms with E-state index in [9.17, 15) is 4.79 Å². The fourth-order valence-corrected chi connectivity index (χ4v) is 1.44. The lowest BCUT2D eigenvalue weighted by atomic mass is 10.0. The molecule has 0 radical (unpaired) electrons. The molecule has 0 aromatic heterocycles. The first-order valence-electron chi connectivity index (χ1n) is 5.62. The number of ketones is 1. The fourth-order valence-electron chi connectivity index (χ4n) is 1.44. The molecule has 0 aliphatic heterocycles. The van der Waals surface area contributed by atoms with Crippen LogP contribution in [0, 0.1) is 5.92 Å². The van der Waals surface area contributed by atoms with Gasteiger partial charge in [-0.15, -0.1) is 0 Å². The summed E-state index contributed by atoms with van der Waals surface area (Å²) in [5.74, 6) is 0.450. The second-order valence-corrected chi connectivity index (χ2v) is 4.29. The van der Waals surface area contributed by atoms with Crippen LogP contribution in [0.15, 0.2) is 24.3 Å². The number of carbonyl (C=O) groups excluding carboxylic acids is 1. The van der Waals surface area contributed by atoms with Crippen LogP contribution in [-0.2, 0) is 0 Å². The number of carbonyl (C=O) groups is 1. The maximum Gasteiger partial charge on any atom is 0.167 e. The van der Waals surface area contributed by atoms with Crippen LogP contribution in [0.3, 0.4) is 0 Å². The van der Waals surface area contributed by atoms with Crippen molar-refractivity contribution in [2.24, 2.45) is 5.92 Å². The van der Waals surface area contributed by atoms with Gasteiger partial charge < -0.3 is 9.84 Å². The van der Waals surface area contributed by atoms with Gasteiger partial charge in [0.15, 0.2) is 5.78 Å². The van der Waals surface area contributed by atoms with E-state index in [2.05, 4.69) is 0 Å². The van der Waals surface area contributed by atoms with E-state index in [1.807, 2.05) is 12.1 Å². The van der Waals surface area contributed by atoms with Crippen molar-refractivity contribution in [2.45, 2.75) is 25.9 Å². The van der Waals surface area contributed by atoms with E-state index in [1.165, 1.54) is 0 Å². The Bertz CT molecular complexity index is 365. The van der Waals surface area contributed by atoms with Crippen molar-refractivity contribution in [3.63, 3.8) is 0 Å². The Morgan fingerprint density at radius 2 is 2.06 bits per heavy atom. The summed E-state index contributed by atoms with van der Waals surface area (Å²) in [6.07, 6.45) is 2.63. The van der Waals surface area contributed by atoms with Gasteiger partial charge in [-0.2, -0.15) is 0 Å². The molecule has 1 aliphatic carbocycles. The van der Waals surface area contributed by atoms with Crippen LogP contribution in [0.5, 0.6) is 5.75 Å². The average molecular weight is 220 g/mol. The van der Waals surface area contributed by atoms with Crippen LogP contribution in [0.4, 0.5) is 0 Å². The molecule has 0 saturated heterocycles. The molecule has 3 nitrogen and oxygen atoms in total. The van der Waals surface area contributed by atoms with Crippen molar-refractivity contribution < 1.29 is 14.6 Å². The smallest absolute Gasteiger partial charge is 0.167 e. The number of benzene rings is 1. The number of aliphatic hydroxyl groups excluding tert-OH is 1. The molecular formula is C13H16O3. The molecule has 0 spiro atoms. The Balaban J connectivity index is 2.02. The Hall–Kier alpha value is -1.35. The maximum absolute atomic E-state index is 11.7. The number of hydrogen-bond donors (Lipinski definition) is 1. The lowest BCUT2D eigenvalue weighted by molar-refractivity contribution is 0.0877. The van der Waals surface area contributed by atoms with Crippen LogP contribution < -0.4 is 4.74 Å². The minimum Gasteiger partial charge on any atom is -0.490 e. The van der Waals surface area contributed by atoms with Crippen molar-refractivity contribution in [3.05, 3.63) is 29.8 Å². The lowest BCUT2D eigenvalue weighted by Gasteiger charge is -2.08. The zero-order valence-electron chi connectivity index (χ0n) is 9.35. The fraction of sp³-hybridized carbons (Fsp3) is 0.462. The summed E-state index contributed by atoms with van der Waals surface area (Å²) in [5, 5.41) is 8.90. The number of Topliss-reactive ketones (excluding diaryl/α,β-unsaturated/α-hetero) is 1. The monoisotopic (exact) mass is 220 g/mol. The summed E-state index contributed by atoms with van der Waals surface area (Å²) in [5.41, 5.74) is 0.629. The molecule has 0 unspecified atom stereocenters. The third-order valence-corrected chi connectivity index (χ3v) is 2.69. The van der Waals surface area contributed by atoms with E-state index in [1.54, 1.807) is 19.1 Å². The maximum atomic E-state index is 11.7. The molecule has 0 bridgehead atoms. The van der Waals surface area contributed by atoms with Crippen molar-refractivity contribution in [3.8, 4) is 5.75 Å². The number of ether oxygens (including phenoxy) is 1. The summed E-state index contributed by atoms with van der Waals surface area (Å²) in [7, 11) is 0. The van der Waals surface area contributed by atoms with Gasteiger partial charge in [-0.3, -0.25) is 4.79 Å². The van der Waals surface area contributed by atoms with Crippen LogP contribution in [0.1, 0.15) is 30.1 Å². The predicted molar refractivity (Wildman–Crippen MR) is 60.7 cm³/mol. The van der Waals surface area contributed by atoms with Gasteiger partial charge in [0.1, 0.15) is 5.75 Å². The van der Waals surface area contributed by atoms with E-state index < -0.39 is 0 Å². The Kier molecular flexibility index (Phi) is 3.25. The Labute approximate surface area is 95.0 Å². The zero-order valence-corrected chi connectivity index (χ0v) is 9.35. The van der Waals surface area contributed by atoms with E-state index in [0.717, 1.165) is 18.6 Å². The molecule has 16 heavy (non-hydrogen) atoms. The first kappa shape index (κ1) is 11.1. The average Bonchev–Trinajstić information content (AvgIpc) is 3.12. The van der Waals surface area contributed by atoms with Gasteiger partial charge in [0.05, 0.1) is 12.7 Å². The highest BCUT2D eigenvalue weighted by atomic mass is 16.5. The summed E-state index contributed by atoms with van der Waals surface area (Å²) in [4.78, 5) is 11.7. The first-order chi connectivity index (χ1) is 7.70. The summed E-state index contributed by atoms with van der Waals surface area (Å²) in [6, 6.07) is 7.14. The largest absolute Gasteiger partial charge is 0.490 e. The molecular weight excluding hydrogens is 204 g/mol. The van der Waals surface area contributed by atoms with Crippen molar-refractivity contribution in [1.82, 2.24) is 0 Å². The molecule has 1 atom stereocenters. The van der Waals surface area contributed by atoms with Gasteiger partial charge in [0.25, 0.3) is 0 Å². The van der Waals surface area contributed by atoms with E-state index in [4.69, 9.17) is 9.84 Å². The second kappa shape index (κ2) is 4.66. The summed E-state index contributed by atoms with van der Waals surface area (Å²) in [6.45, 7) is 1.61. The van der Waals surface area contributed by atoms with Crippen LogP contribution in [0.25, 0.3) is 0 Å². The third-order valence-electron chi connectivity index (χ3n) is 2.69. The summed E-state index contributed by atoms with van der Waals surface area (Å²) >= 11 is 0. The highest BCUT2D eigenvalue weighted by Crippen LogP contribution is 2.26. The van der Waals surface area contributed by atoms with Gasteiger partial charge in [-0.25, -0.2) is 0 Å². The van der Waals surface area contributed by atoms with Crippen molar-refractivity contribution in [1.29, 1.82) is 0 Å². The van der Waals surface area contributed by atoms with E-state index in [0.29, 0.717) is 11.7 Å². The van der Waals surface area contributed by atoms with Gasteiger partial charge in [0, 0.05) is 11.5 Å². The topological polar surface area (TPSA) is 46.5 Å². The minimum absolute atomic E-state index is 0.0273. The van der Waals surface area contributed by atoms with Crippen LogP contribution in [0.2, 0.25) is 0 Å². The number of aliphatic hydroxyl groups is 1. The quantitative estimate of drug-likeness (QED) is 0.772. The van der Waals surface area contributed by atoms with Gasteiger partial charge >= 0.3 is 0 Å². The van der Waals surface area contributed by atoms with Crippen molar-refractivity contribution >= 4 is 5.78 Å². The molecule has 1 saturated carbocycles. The van der Waals surface area contributed by atoms with Gasteiger partial charge in [-0.1, -0.05) is 6.92 Å². The molecule has 0 amide bonds.